The van der Waals surface area contributed by atoms with E-state index in [0.717, 1.165) is 24.4 Å². The van der Waals surface area contributed by atoms with E-state index in [1.54, 1.807) is 7.11 Å². The van der Waals surface area contributed by atoms with Gasteiger partial charge in [0.2, 0.25) is 0 Å². The molecular formula is C17H19NO. The molecule has 2 aromatic carbocycles. The summed E-state index contributed by atoms with van der Waals surface area (Å²) in [7, 11) is 1.73. The highest BCUT2D eigenvalue weighted by molar-refractivity contribution is 5.75. The number of rotatable bonds is 2. The molecule has 0 saturated carbocycles. The molecule has 0 N–H and O–H groups in total. The summed E-state index contributed by atoms with van der Waals surface area (Å²) in [4.78, 5) is 2.37. The van der Waals surface area contributed by atoms with Gasteiger partial charge in [-0.3, -0.25) is 0 Å². The van der Waals surface area contributed by atoms with Crippen LogP contribution in [0.4, 0.5) is 11.4 Å². The van der Waals surface area contributed by atoms with Crippen LogP contribution in [-0.4, -0.2) is 13.7 Å². The summed E-state index contributed by atoms with van der Waals surface area (Å²) < 4.78 is 5.49. The van der Waals surface area contributed by atoms with Crippen molar-refractivity contribution in [1.82, 2.24) is 0 Å². The van der Waals surface area contributed by atoms with E-state index in [2.05, 4.69) is 43.0 Å². The molecule has 2 heteroatoms. The fraction of sp³-hybridized carbons (Fsp3) is 0.294. The highest BCUT2D eigenvalue weighted by Gasteiger charge is 2.24. The first kappa shape index (κ1) is 12.1. The molecule has 1 aliphatic rings. The van der Waals surface area contributed by atoms with Crippen LogP contribution in [0.5, 0.6) is 5.75 Å². The second kappa shape index (κ2) is 4.61. The summed E-state index contributed by atoms with van der Waals surface area (Å²) in [6, 6.07) is 12.8. The average molecular weight is 253 g/mol. The van der Waals surface area contributed by atoms with Crippen LogP contribution >= 0.6 is 0 Å². The molecule has 0 radical (unpaired) electrons. The molecule has 19 heavy (non-hydrogen) atoms. The quantitative estimate of drug-likeness (QED) is 0.802. The van der Waals surface area contributed by atoms with Crippen molar-refractivity contribution >= 4 is 11.4 Å². The van der Waals surface area contributed by atoms with E-state index >= 15 is 0 Å². The Morgan fingerprint density at radius 2 is 1.84 bits per heavy atom. The predicted molar refractivity (Wildman–Crippen MR) is 79.6 cm³/mol. The topological polar surface area (TPSA) is 12.5 Å². The molecule has 2 nitrogen and oxygen atoms in total. The largest absolute Gasteiger partial charge is 0.495 e. The monoisotopic (exact) mass is 253 g/mol. The van der Waals surface area contributed by atoms with Gasteiger partial charge in [0.1, 0.15) is 5.75 Å². The first-order chi connectivity index (χ1) is 9.20. The number of benzene rings is 2. The Balaban J connectivity index is 2.12. The van der Waals surface area contributed by atoms with Crippen molar-refractivity contribution in [3.63, 3.8) is 0 Å². The fourth-order valence-corrected chi connectivity index (χ4v) is 2.99. The normalized spacial score (nSPS) is 13.5. The first-order valence-corrected chi connectivity index (χ1v) is 6.71. The molecule has 0 bridgehead atoms. The van der Waals surface area contributed by atoms with Crippen LogP contribution in [0.25, 0.3) is 0 Å². The summed E-state index contributed by atoms with van der Waals surface area (Å²) in [6.07, 6.45) is 1.11. The lowest BCUT2D eigenvalue weighted by atomic mass is 10.0. The number of nitrogens with zero attached hydrogens (tertiary/aromatic N) is 1. The van der Waals surface area contributed by atoms with Crippen LogP contribution in [0.1, 0.15) is 16.7 Å². The Morgan fingerprint density at radius 1 is 1.05 bits per heavy atom. The van der Waals surface area contributed by atoms with Crippen LogP contribution in [0.3, 0.4) is 0 Å². The zero-order valence-corrected chi connectivity index (χ0v) is 11.7. The highest BCUT2D eigenvalue weighted by atomic mass is 16.5. The minimum absolute atomic E-state index is 0.939. The van der Waals surface area contributed by atoms with E-state index in [9.17, 15) is 0 Å². The van der Waals surface area contributed by atoms with Gasteiger partial charge in [0.05, 0.1) is 12.8 Å². The van der Waals surface area contributed by atoms with Gasteiger partial charge in [-0.05, 0) is 55.2 Å². The molecule has 0 aromatic heterocycles. The molecular weight excluding hydrogens is 234 g/mol. The van der Waals surface area contributed by atoms with Gasteiger partial charge in [-0.25, -0.2) is 0 Å². The number of ether oxygens (including phenoxy) is 1. The molecule has 0 saturated heterocycles. The zero-order chi connectivity index (χ0) is 13.4. The maximum absolute atomic E-state index is 5.49. The fourth-order valence-electron chi connectivity index (χ4n) is 2.99. The molecule has 3 rings (SSSR count). The van der Waals surface area contributed by atoms with Crippen molar-refractivity contribution in [2.24, 2.45) is 0 Å². The average Bonchev–Trinajstić information content (AvgIpc) is 2.82. The summed E-state index contributed by atoms with van der Waals surface area (Å²) in [6.45, 7) is 5.39. The molecule has 1 heterocycles. The van der Waals surface area contributed by atoms with E-state index in [1.807, 2.05) is 12.1 Å². The number of para-hydroxylation sites is 2. The van der Waals surface area contributed by atoms with Crippen molar-refractivity contribution in [3.05, 3.63) is 53.1 Å². The molecule has 98 valence electrons. The van der Waals surface area contributed by atoms with Gasteiger partial charge in [0.25, 0.3) is 0 Å². The smallest absolute Gasteiger partial charge is 0.142 e. The molecule has 0 atom stereocenters. The number of hydrogen-bond acceptors (Lipinski definition) is 2. The van der Waals surface area contributed by atoms with Crippen molar-refractivity contribution < 1.29 is 4.74 Å². The molecule has 2 aromatic rings. The number of hydrogen-bond donors (Lipinski definition) is 0. The summed E-state index contributed by atoms with van der Waals surface area (Å²) in [5.74, 6) is 0.939. The number of anilines is 2. The minimum Gasteiger partial charge on any atom is -0.495 e. The van der Waals surface area contributed by atoms with Gasteiger partial charge < -0.3 is 9.64 Å². The zero-order valence-electron chi connectivity index (χ0n) is 11.7. The number of methoxy groups -OCH3 is 1. The van der Waals surface area contributed by atoms with E-state index in [4.69, 9.17) is 4.74 Å². The van der Waals surface area contributed by atoms with Crippen LogP contribution in [-0.2, 0) is 6.42 Å². The van der Waals surface area contributed by atoms with E-state index in [1.165, 1.54) is 22.4 Å². The van der Waals surface area contributed by atoms with Crippen LogP contribution in [0.15, 0.2) is 36.4 Å². The Kier molecular flexibility index (Phi) is 2.94. The number of aryl methyl sites for hydroxylation is 2. The van der Waals surface area contributed by atoms with Crippen LogP contribution in [0.2, 0.25) is 0 Å². The standard InChI is InChI=1S/C17H19NO/c1-12-10-13(2)14-8-9-18(16(14)11-12)15-6-4-5-7-17(15)19-3/h4-7,10-11H,8-9H2,1-3H3. The summed E-state index contributed by atoms with van der Waals surface area (Å²) in [5, 5.41) is 0. The van der Waals surface area contributed by atoms with Gasteiger partial charge >= 0.3 is 0 Å². The lowest BCUT2D eigenvalue weighted by molar-refractivity contribution is 0.415. The lowest BCUT2D eigenvalue weighted by Gasteiger charge is -2.22. The second-order valence-electron chi connectivity index (χ2n) is 5.15. The third-order valence-corrected chi connectivity index (χ3v) is 3.85. The third kappa shape index (κ3) is 1.97. The molecule has 0 fully saturated rings. The van der Waals surface area contributed by atoms with Crippen LogP contribution < -0.4 is 9.64 Å². The van der Waals surface area contributed by atoms with Gasteiger partial charge in [0, 0.05) is 12.2 Å². The third-order valence-electron chi connectivity index (χ3n) is 3.85. The molecule has 0 aliphatic carbocycles. The van der Waals surface area contributed by atoms with Gasteiger partial charge in [-0.1, -0.05) is 18.2 Å². The second-order valence-corrected chi connectivity index (χ2v) is 5.15. The van der Waals surface area contributed by atoms with E-state index in [0.29, 0.717) is 0 Å². The number of fused-ring (bicyclic) bond motifs is 1. The molecule has 1 aliphatic heterocycles. The Morgan fingerprint density at radius 3 is 2.63 bits per heavy atom. The van der Waals surface area contributed by atoms with Crippen molar-refractivity contribution in [2.45, 2.75) is 20.3 Å². The highest BCUT2D eigenvalue weighted by Crippen LogP contribution is 2.40. The van der Waals surface area contributed by atoms with Crippen LogP contribution in [0, 0.1) is 13.8 Å². The first-order valence-electron chi connectivity index (χ1n) is 6.71. The predicted octanol–water partition coefficient (Wildman–Crippen LogP) is 4.01. The Labute approximate surface area is 114 Å². The van der Waals surface area contributed by atoms with Crippen molar-refractivity contribution in [1.29, 1.82) is 0 Å². The van der Waals surface area contributed by atoms with Gasteiger partial charge in [-0.15, -0.1) is 0 Å². The summed E-state index contributed by atoms with van der Waals surface area (Å²) in [5.41, 5.74) is 6.68. The summed E-state index contributed by atoms with van der Waals surface area (Å²) >= 11 is 0. The van der Waals surface area contributed by atoms with Gasteiger partial charge in [-0.2, -0.15) is 0 Å². The van der Waals surface area contributed by atoms with E-state index < -0.39 is 0 Å². The molecule has 0 spiro atoms. The lowest BCUT2D eigenvalue weighted by Crippen LogP contribution is -2.14. The maximum Gasteiger partial charge on any atom is 0.142 e. The van der Waals surface area contributed by atoms with Crippen molar-refractivity contribution in [3.8, 4) is 5.75 Å². The Bertz CT molecular complexity index is 619. The molecule has 0 amide bonds. The SMILES string of the molecule is COc1ccccc1N1CCc2c(C)cc(C)cc21. The maximum atomic E-state index is 5.49. The molecule has 0 unspecified atom stereocenters. The van der Waals surface area contributed by atoms with E-state index in [-0.39, 0.29) is 0 Å². The minimum atomic E-state index is 0.939. The van der Waals surface area contributed by atoms with Gasteiger partial charge in [0.15, 0.2) is 0 Å². The Hall–Kier alpha value is -1.96. The van der Waals surface area contributed by atoms with Crippen molar-refractivity contribution in [2.75, 3.05) is 18.6 Å².